The Kier molecular flexibility index (Phi) is 6.51. The van der Waals surface area contributed by atoms with Gasteiger partial charge in [-0.2, -0.15) is 0 Å². The molecule has 0 spiro atoms. The number of rotatable bonds is 7. The van der Waals surface area contributed by atoms with E-state index < -0.39 is 17.4 Å². The molecule has 1 atom stereocenters. The fourth-order valence-corrected chi connectivity index (χ4v) is 2.57. The molecule has 5 nitrogen and oxygen atoms in total. The van der Waals surface area contributed by atoms with Crippen LogP contribution in [0, 0.1) is 0 Å². The first kappa shape index (κ1) is 17.8. The number of nitrogens with one attached hydrogen (secondary N) is 1. The van der Waals surface area contributed by atoms with Gasteiger partial charge in [-0.05, 0) is 31.4 Å². The van der Waals surface area contributed by atoms with Crippen LogP contribution in [0.1, 0.15) is 23.7 Å². The van der Waals surface area contributed by atoms with E-state index in [1.807, 2.05) is 12.3 Å². The molecule has 21 heavy (non-hydrogen) atoms. The van der Waals surface area contributed by atoms with Crippen molar-refractivity contribution in [3.05, 3.63) is 28.8 Å². The maximum atomic E-state index is 12.4. The molecule has 0 bridgehead atoms. The average molecular weight is 332 g/mol. The standard InChI is InChI=1S/C14H18ClNO4S/c1-14(8-20-2,7-12(17)18)16-13(19)10-6-9(21-3)4-5-11(10)15/h4-6H,7-8H2,1-3H3,(H,16,19)(H,17,18). The monoisotopic (exact) mass is 331 g/mol. The van der Waals surface area contributed by atoms with Crippen LogP contribution >= 0.6 is 23.4 Å². The van der Waals surface area contributed by atoms with Crippen LogP contribution in [0.2, 0.25) is 5.02 Å². The second kappa shape index (κ2) is 7.68. The normalized spacial score (nSPS) is 13.5. The molecule has 116 valence electrons. The predicted octanol–water partition coefficient (Wildman–Crippen LogP) is 2.67. The number of methoxy groups -OCH3 is 1. The van der Waals surface area contributed by atoms with Crippen molar-refractivity contribution < 1.29 is 19.4 Å². The van der Waals surface area contributed by atoms with Crippen molar-refractivity contribution >= 4 is 35.2 Å². The molecular weight excluding hydrogens is 314 g/mol. The quantitative estimate of drug-likeness (QED) is 0.751. The number of amides is 1. The number of hydrogen-bond acceptors (Lipinski definition) is 4. The molecule has 2 N–H and O–H groups in total. The number of carboxylic acids is 1. The Morgan fingerprint density at radius 1 is 1.48 bits per heavy atom. The molecule has 0 aliphatic rings. The van der Waals surface area contributed by atoms with Gasteiger partial charge in [0.15, 0.2) is 0 Å². The van der Waals surface area contributed by atoms with Crippen LogP contribution in [0.3, 0.4) is 0 Å². The molecule has 1 aromatic carbocycles. The third-order valence-corrected chi connectivity index (χ3v) is 3.89. The maximum Gasteiger partial charge on any atom is 0.305 e. The Morgan fingerprint density at radius 2 is 2.14 bits per heavy atom. The van der Waals surface area contributed by atoms with Crippen LogP contribution in [0.15, 0.2) is 23.1 Å². The summed E-state index contributed by atoms with van der Waals surface area (Å²) >= 11 is 7.53. The summed E-state index contributed by atoms with van der Waals surface area (Å²) in [5.41, 5.74) is -0.688. The third kappa shape index (κ3) is 5.22. The summed E-state index contributed by atoms with van der Waals surface area (Å²) in [6.45, 7) is 1.71. The van der Waals surface area contributed by atoms with E-state index in [-0.39, 0.29) is 13.0 Å². The lowest BCUT2D eigenvalue weighted by molar-refractivity contribution is -0.139. The van der Waals surface area contributed by atoms with Crippen molar-refractivity contribution in [2.75, 3.05) is 20.0 Å². The highest BCUT2D eigenvalue weighted by Crippen LogP contribution is 2.24. The van der Waals surface area contributed by atoms with Gasteiger partial charge in [0, 0.05) is 12.0 Å². The highest BCUT2D eigenvalue weighted by Gasteiger charge is 2.30. The molecule has 1 aromatic rings. The molecule has 7 heteroatoms. The number of benzene rings is 1. The summed E-state index contributed by atoms with van der Waals surface area (Å²) < 4.78 is 5.00. The van der Waals surface area contributed by atoms with Gasteiger partial charge in [-0.3, -0.25) is 9.59 Å². The predicted molar refractivity (Wildman–Crippen MR) is 83.2 cm³/mol. The Hall–Kier alpha value is -1.24. The lowest BCUT2D eigenvalue weighted by Crippen LogP contribution is -2.50. The lowest BCUT2D eigenvalue weighted by Gasteiger charge is -2.28. The molecule has 1 rings (SSSR count). The van der Waals surface area contributed by atoms with E-state index in [1.54, 1.807) is 19.1 Å². The van der Waals surface area contributed by atoms with Gasteiger partial charge < -0.3 is 15.2 Å². The maximum absolute atomic E-state index is 12.4. The molecule has 1 amide bonds. The molecule has 0 aliphatic heterocycles. The lowest BCUT2D eigenvalue weighted by atomic mass is 9.98. The zero-order valence-corrected chi connectivity index (χ0v) is 13.7. The van der Waals surface area contributed by atoms with Crippen LogP contribution in [0.4, 0.5) is 0 Å². The van der Waals surface area contributed by atoms with Crippen LogP contribution in [-0.2, 0) is 9.53 Å². The molecule has 0 saturated heterocycles. The molecular formula is C14H18ClNO4S. The Morgan fingerprint density at radius 3 is 2.67 bits per heavy atom. The van der Waals surface area contributed by atoms with E-state index in [2.05, 4.69) is 5.32 Å². The minimum atomic E-state index is -1.01. The Labute approximate surface area is 133 Å². The van der Waals surface area contributed by atoms with Gasteiger partial charge in [0.2, 0.25) is 0 Å². The summed E-state index contributed by atoms with van der Waals surface area (Å²) in [4.78, 5) is 24.2. The van der Waals surface area contributed by atoms with E-state index in [9.17, 15) is 9.59 Å². The van der Waals surface area contributed by atoms with Crippen molar-refractivity contribution in [1.29, 1.82) is 0 Å². The van der Waals surface area contributed by atoms with Gasteiger partial charge in [-0.15, -0.1) is 11.8 Å². The number of aliphatic carboxylic acids is 1. The first-order chi connectivity index (χ1) is 9.81. The molecule has 0 aliphatic carbocycles. The Balaban J connectivity index is 2.99. The zero-order chi connectivity index (χ0) is 16.0. The summed E-state index contributed by atoms with van der Waals surface area (Å²) in [5.74, 6) is -1.43. The van der Waals surface area contributed by atoms with E-state index in [4.69, 9.17) is 21.4 Å². The van der Waals surface area contributed by atoms with Crippen LogP contribution in [-0.4, -0.2) is 42.5 Å². The topological polar surface area (TPSA) is 75.6 Å². The largest absolute Gasteiger partial charge is 0.481 e. The number of hydrogen-bond donors (Lipinski definition) is 2. The van der Waals surface area contributed by atoms with Crippen molar-refractivity contribution in [3.8, 4) is 0 Å². The minimum Gasteiger partial charge on any atom is -0.481 e. The SMILES string of the molecule is COCC(C)(CC(=O)O)NC(=O)c1cc(SC)ccc1Cl. The van der Waals surface area contributed by atoms with Gasteiger partial charge in [0.1, 0.15) is 0 Å². The fourth-order valence-electron chi connectivity index (χ4n) is 1.93. The molecule has 0 heterocycles. The first-order valence-electron chi connectivity index (χ1n) is 6.18. The first-order valence-corrected chi connectivity index (χ1v) is 7.78. The number of ether oxygens (including phenoxy) is 1. The van der Waals surface area contributed by atoms with Gasteiger partial charge in [-0.25, -0.2) is 0 Å². The molecule has 0 radical (unpaired) electrons. The van der Waals surface area contributed by atoms with Crippen LogP contribution < -0.4 is 5.32 Å². The van der Waals surface area contributed by atoms with Crippen molar-refractivity contribution in [2.45, 2.75) is 23.8 Å². The Bertz CT molecular complexity index is 538. The highest BCUT2D eigenvalue weighted by molar-refractivity contribution is 7.98. The van der Waals surface area contributed by atoms with Gasteiger partial charge in [0.25, 0.3) is 5.91 Å². The van der Waals surface area contributed by atoms with Gasteiger partial charge in [-0.1, -0.05) is 11.6 Å². The van der Waals surface area contributed by atoms with E-state index in [1.165, 1.54) is 18.9 Å². The van der Waals surface area contributed by atoms with Crippen molar-refractivity contribution in [3.63, 3.8) is 0 Å². The minimum absolute atomic E-state index is 0.0882. The summed E-state index contributed by atoms with van der Waals surface area (Å²) in [7, 11) is 1.45. The number of halogens is 1. The number of carbonyl (C=O) groups is 2. The average Bonchev–Trinajstić information content (AvgIpc) is 2.38. The second-order valence-electron chi connectivity index (χ2n) is 4.86. The summed E-state index contributed by atoms with van der Waals surface area (Å²) in [6.07, 6.45) is 1.65. The van der Waals surface area contributed by atoms with Crippen molar-refractivity contribution in [2.24, 2.45) is 0 Å². The number of carboxylic acid groups (broad SMARTS) is 1. The number of carbonyl (C=O) groups excluding carboxylic acids is 1. The van der Waals surface area contributed by atoms with Crippen LogP contribution in [0.25, 0.3) is 0 Å². The van der Waals surface area contributed by atoms with Gasteiger partial charge >= 0.3 is 5.97 Å². The van der Waals surface area contributed by atoms with Gasteiger partial charge in [0.05, 0.1) is 29.2 Å². The van der Waals surface area contributed by atoms with E-state index in [0.717, 1.165) is 4.90 Å². The molecule has 0 saturated carbocycles. The fraction of sp³-hybridized carbons (Fsp3) is 0.429. The van der Waals surface area contributed by atoms with Crippen LogP contribution in [0.5, 0.6) is 0 Å². The second-order valence-corrected chi connectivity index (χ2v) is 6.15. The van der Waals surface area contributed by atoms with Crippen molar-refractivity contribution in [1.82, 2.24) is 5.32 Å². The number of thioether (sulfide) groups is 1. The summed E-state index contributed by atoms with van der Waals surface area (Å²) in [6, 6.07) is 5.14. The van der Waals surface area contributed by atoms with E-state index >= 15 is 0 Å². The molecule has 1 unspecified atom stereocenters. The zero-order valence-electron chi connectivity index (χ0n) is 12.1. The summed E-state index contributed by atoms with van der Waals surface area (Å²) in [5, 5.41) is 12.0. The smallest absolute Gasteiger partial charge is 0.305 e. The highest BCUT2D eigenvalue weighted by atomic mass is 35.5. The molecule has 0 aromatic heterocycles. The molecule has 0 fully saturated rings. The van der Waals surface area contributed by atoms with E-state index in [0.29, 0.717) is 10.6 Å². The third-order valence-electron chi connectivity index (χ3n) is 2.84.